The minimum Gasteiger partial charge on any atom is -0.445 e. The molecule has 0 fully saturated rings. The molecule has 0 radical (unpaired) electrons. The van der Waals surface area contributed by atoms with Gasteiger partial charge in [0.05, 0.1) is 6.04 Å². The number of benzene rings is 1. The average molecular weight is 687 g/mol. The molecule has 7 amide bonds. The number of hydrogen-bond acceptors (Lipinski definition) is 9. The van der Waals surface area contributed by atoms with Gasteiger partial charge in [-0.2, -0.15) is 0 Å². The smallest absolute Gasteiger partial charge is 0.409 e. The van der Waals surface area contributed by atoms with Crippen molar-refractivity contribution in [2.75, 3.05) is 59.2 Å². The number of primary amides is 1. The van der Waals surface area contributed by atoms with Crippen LogP contribution in [0.2, 0.25) is 0 Å². The van der Waals surface area contributed by atoms with Gasteiger partial charge in [-0.05, 0) is 63.4 Å². The zero-order valence-electron chi connectivity index (χ0n) is 29.5. The van der Waals surface area contributed by atoms with Crippen molar-refractivity contribution >= 4 is 41.4 Å². The Hall–Kier alpha value is -4.50. The Morgan fingerprint density at radius 3 is 2.20 bits per heavy atom. The van der Waals surface area contributed by atoms with Crippen LogP contribution < -0.4 is 27.0 Å². The van der Waals surface area contributed by atoms with E-state index in [9.17, 15) is 28.8 Å². The van der Waals surface area contributed by atoms with Crippen molar-refractivity contribution in [3.63, 3.8) is 0 Å². The second kappa shape index (κ2) is 21.5. The molecule has 1 aromatic carbocycles. The standard InChI is InChI=1S/C34H54N8O7/c1-24(2)28(39-29(43)11-7-6-8-19-42-30(44)16-17-31(42)45)22-37-27(10-9-18-36-33(35)47)32(46)38-26-14-12-25(13-15-26)23-49-34(48)41(5)21-20-40(3)4/h12-17,24,27-28,37H,6-11,18-23H2,1-5H3,(H,38,46)(H,39,43)(H3,35,36,47)/t27-,28+/m0/s1. The highest BCUT2D eigenvalue weighted by Crippen LogP contribution is 2.13. The average Bonchev–Trinajstić information content (AvgIpc) is 3.37. The van der Waals surface area contributed by atoms with Gasteiger partial charge in [0.2, 0.25) is 11.8 Å². The quantitative estimate of drug-likeness (QED) is 0.0893. The van der Waals surface area contributed by atoms with Crippen LogP contribution in [0, 0.1) is 5.92 Å². The monoisotopic (exact) mass is 686 g/mol. The highest BCUT2D eigenvalue weighted by atomic mass is 16.6. The lowest BCUT2D eigenvalue weighted by Crippen LogP contribution is -2.50. The van der Waals surface area contributed by atoms with Crippen molar-refractivity contribution in [1.29, 1.82) is 0 Å². The molecule has 1 aliphatic rings. The fourth-order valence-electron chi connectivity index (χ4n) is 4.84. The molecule has 6 N–H and O–H groups in total. The van der Waals surface area contributed by atoms with E-state index in [0.29, 0.717) is 70.4 Å². The Balaban J connectivity index is 1.88. The fourth-order valence-corrected chi connectivity index (χ4v) is 4.84. The summed E-state index contributed by atoms with van der Waals surface area (Å²) in [4.78, 5) is 77.5. The number of imide groups is 1. The van der Waals surface area contributed by atoms with Crippen molar-refractivity contribution in [2.24, 2.45) is 11.7 Å². The maximum Gasteiger partial charge on any atom is 0.409 e. The number of likely N-dealkylation sites (N-methyl/N-ethyl adjacent to an activating group) is 2. The number of hydrogen-bond donors (Lipinski definition) is 5. The van der Waals surface area contributed by atoms with Gasteiger partial charge < -0.3 is 41.5 Å². The van der Waals surface area contributed by atoms with E-state index in [2.05, 4.69) is 21.3 Å². The molecule has 1 heterocycles. The van der Waals surface area contributed by atoms with E-state index in [-0.39, 0.29) is 42.2 Å². The lowest BCUT2D eigenvalue weighted by atomic mass is 10.0. The third-order valence-electron chi connectivity index (χ3n) is 7.98. The predicted octanol–water partition coefficient (Wildman–Crippen LogP) is 1.79. The lowest BCUT2D eigenvalue weighted by molar-refractivity contribution is -0.137. The molecule has 15 heteroatoms. The number of carbonyl (C=O) groups is 6. The molecule has 0 unspecified atom stereocenters. The van der Waals surface area contributed by atoms with Gasteiger partial charge in [-0.3, -0.25) is 24.1 Å². The number of anilines is 1. The van der Waals surface area contributed by atoms with E-state index in [4.69, 9.17) is 10.5 Å². The molecule has 49 heavy (non-hydrogen) atoms. The molecular formula is C34H54N8O7. The third kappa shape index (κ3) is 16.0. The highest BCUT2D eigenvalue weighted by molar-refractivity contribution is 6.12. The first-order chi connectivity index (χ1) is 23.3. The maximum absolute atomic E-state index is 13.4. The van der Waals surface area contributed by atoms with Gasteiger partial charge in [0, 0.05) is 70.1 Å². The van der Waals surface area contributed by atoms with Crippen molar-refractivity contribution in [2.45, 2.75) is 71.1 Å². The topological polar surface area (TPSA) is 196 Å². The van der Waals surface area contributed by atoms with Crippen molar-refractivity contribution in [3.05, 3.63) is 42.0 Å². The van der Waals surface area contributed by atoms with Crippen molar-refractivity contribution < 1.29 is 33.5 Å². The third-order valence-corrected chi connectivity index (χ3v) is 7.98. The van der Waals surface area contributed by atoms with Crippen LogP contribution in [-0.2, 0) is 30.5 Å². The molecule has 15 nitrogen and oxygen atoms in total. The number of urea groups is 1. The molecule has 0 spiro atoms. The van der Waals surface area contributed by atoms with Crippen LogP contribution >= 0.6 is 0 Å². The first-order valence-electron chi connectivity index (χ1n) is 16.8. The summed E-state index contributed by atoms with van der Waals surface area (Å²) in [5.41, 5.74) is 6.51. The molecule has 0 saturated carbocycles. The summed E-state index contributed by atoms with van der Waals surface area (Å²) in [5.74, 6) is -0.934. The van der Waals surface area contributed by atoms with Crippen LogP contribution in [0.25, 0.3) is 0 Å². The van der Waals surface area contributed by atoms with E-state index in [1.54, 1.807) is 31.3 Å². The van der Waals surface area contributed by atoms with E-state index in [0.717, 1.165) is 12.1 Å². The second-order valence-electron chi connectivity index (χ2n) is 12.7. The number of unbranched alkanes of at least 4 members (excludes halogenated alkanes) is 2. The number of carbonyl (C=O) groups excluding carboxylic acids is 6. The van der Waals surface area contributed by atoms with Crippen LogP contribution in [0.4, 0.5) is 15.3 Å². The normalized spacial score (nSPS) is 13.8. The Morgan fingerprint density at radius 2 is 1.59 bits per heavy atom. The van der Waals surface area contributed by atoms with Gasteiger partial charge in [0.1, 0.15) is 6.61 Å². The van der Waals surface area contributed by atoms with Crippen molar-refractivity contribution in [3.8, 4) is 0 Å². The largest absolute Gasteiger partial charge is 0.445 e. The summed E-state index contributed by atoms with van der Waals surface area (Å²) in [6, 6.07) is 5.49. The molecular weight excluding hydrogens is 632 g/mol. The van der Waals surface area contributed by atoms with E-state index < -0.39 is 18.2 Å². The van der Waals surface area contributed by atoms with Crippen LogP contribution in [0.15, 0.2) is 36.4 Å². The molecule has 1 aliphatic heterocycles. The van der Waals surface area contributed by atoms with Crippen molar-refractivity contribution in [1.82, 2.24) is 30.7 Å². The fraction of sp³-hybridized carbons (Fsp3) is 0.588. The summed E-state index contributed by atoms with van der Waals surface area (Å²) >= 11 is 0. The minimum atomic E-state index is -0.641. The molecule has 0 saturated heterocycles. The van der Waals surface area contributed by atoms with Gasteiger partial charge in [0.25, 0.3) is 11.8 Å². The summed E-state index contributed by atoms with van der Waals surface area (Å²) in [7, 11) is 5.55. The van der Waals surface area contributed by atoms with Crippen LogP contribution in [0.3, 0.4) is 0 Å². The first kappa shape index (κ1) is 40.7. The number of nitrogens with two attached hydrogens (primary N) is 1. The summed E-state index contributed by atoms with van der Waals surface area (Å²) in [6.45, 7) is 6.30. The molecule has 272 valence electrons. The Labute approximate surface area is 289 Å². The van der Waals surface area contributed by atoms with E-state index in [1.165, 1.54) is 22.0 Å². The zero-order valence-corrected chi connectivity index (χ0v) is 29.5. The molecule has 2 rings (SSSR count). The molecule has 0 bridgehead atoms. The van der Waals surface area contributed by atoms with Gasteiger partial charge in [-0.1, -0.05) is 32.4 Å². The number of rotatable bonds is 22. The Bertz CT molecular complexity index is 1270. The highest BCUT2D eigenvalue weighted by Gasteiger charge is 2.24. The number of nitrogens with zero attached hydrogens (tertiary/aromatic N) is 3. The first-order valence-corrected chi connectivity index (χ1v) is 16.8. The van der Waals surface area contributed by atoms with Crippen LogP contribution in [0.5, 0.6) is 0 Å². The summed E-state index contributed by atoms with van der Waals surface area (Å²) < 4.78 is 5.39. The van der Waals surface area contributed by atoms with Gasteiger partial charge >= 0.3 is 12.1 Å². The zero-order chi connectivity index (χ0) is 36.3. The molecule has 0 aliphatic carbocycles. The predicted molar refractivity (Wildman–Crippen MR) is 186 cm³/mol. The SMILES string of the molecule is CC(C)[C@@H](CN[C@@H](CCCNC(N)=O)C(=O)Nc1ccc(COC(=O)N(C)CCN(C)C)cc1)NC(=O)CCCCCN1C(=O)C=CC1=O. The van der Waals surface area contributed by atoms with Gasteiger partial charge in [-0.15, -0.1) is 0 Å². The van der Waals surface area contributed by atoms with E-state index >= 15 is 0 Å². The molecule has 2 atom stereocenters. The number of nitrogens with one attached hydrogen (secondary N) is 4. The lowest BCUT2D eigenvalue weighted by Gasteiger charge is -2.26. The molecule has 0 aromatic heterocycles. The van der Waals surface area contributed by atoms with Gasteiger partial charge in [-0.25, -0.2) is 9.59 Å². The number of amides is 7. The second-order valence-corrected chi connectivity index (χ2v) is 12.7. The Morgan fingerprint density at radius 1 is 0.918 bits per heavy atom. The molecule has 1 aromatic rings. The Kier molecular flexibility index (Phi) is 17.8. The minimum absolute atomic E-state index is 0.0748. The number of ether oxygens (including phenoxy) is 1. The van der Waals surface area contributed by atoms with Crippen LogP contribution in [0.1, 0.15) is 57.9 Å². The summed E-state index contributed by atoms with van der Waals surface area (Å²) in [5, 5.41) is 11.8. The maximum atomic E-state index is 13.4. The van der Waals surface area contributed by atoms with E-state index in [1.807, 2.05) is 32.8 Å². The van der Waals surface area contributed by atoms with Gasteiger partial charge in [0.15, 0.2) is 0 Å². The summed E-state index contributed by atoms with van der Waals surface area (Å²) in [6.07, 6.45) is 5.22. The van der Waals surface area contributed by atoms with Crippen LogP contribution in [-0.4, -0.2) is 116 Å².